The van der Waals surface area contributed by atoms with Crippen molar-refractivity contribution in [2.45, 2.75) is 39.7 Å². The van der Waals surface area contributed by atoms with Crippen molar-refractivity contribution < 1.29 is 9.18 Å². The highest BCUT2D eigenvalue weighted by Crippen LogP contribution is 2.19. The highest BCUT2D eigenvalue weighted by Gasteiger charge is 2.13. The fraction of sp³-hybridized carbons (Fsp3) is 0.562. The zero-order valence-corrected chi connectivity index (χ0v) is 12.6. The molecule has 2 N–H and O–H groups in total. The summed E-state index contributed by atoms with van der Waals surface area (Å²) in [4.78, 5) is 11.6. The molecule has 1 atom stereocenters. The average Bonchev–Trinajstić information content (AvgIpc) is 2.42. The summed E-state index contributed by atoms with van der Waals surface area (Å²) in [6, 6.07) is 6.72. The number of carbonyl (C=O) groups is 1. The molecule has 0 bridgehead atoms. The zero-order chi connectivity index (χ0) is 15.0. The van der Waals surface area contributed by atoms with Gasteiger partial charge in [0.15, 0.2) is 0 Å². The van der Waals surface area contributed by atoms with Gasteiger partial charge in [-0.15, -0.1) is 0 Å². The van der Waals surface area contributed by atoms with E-state index in [1.165, 1.54) is 6.07 Å². The van der Waals surface area contributed by atoms with Gasteiger partial charge in [-0.2, -0.15) is 0 Å². The lowest BCUT2D eigenvalue weighted by Gasteiger charge is -2.18. The molecular weight excluding hydrogens is 255 g/mol. The highest BCUT2D eigenvalue weighted by atomic mass is 19.1. The largest absolute Gasteiger partial charge is 0.356 e. The molecule has 0 heterocycles. The van der Waals surface area contributed by atoms with Crippen molar-refractivity contribution in [2.75, 3.05) is 13.1 Å². The van der Waals surface area contributed by atoms with E-state index in [0.717, 1.165) is 6.42 Å². The van der Waals surface area contributed by atoms with Crippen LogP contribution in [0.3, 0.4) is 0 Å². The van der Waals surface area contributed by atoms with Gasteiger partial charge in [0.05, 0.1) is 0 Å². The molecule has 0 aromatic heterocycles. The number of amides is 1. The van der Waals surface area contributed by atoms with E-state index in [4.69, 9.17) is 0 Å². The van der Waals surface area contributed by atoms with Gasteiger partial charge in [0.1, 0.15) is 5.82 Å². The third-order valence-electron chi connectivity index (χ3n) is 3.14. The Balaban J connectivity index is 2.39. The van der Waals surface area contributed by atoms with E-state index in [1.807, 2.05) is 13.0 Å². The van der Waals surface area contributed by atoms with Crippen molar-refractivity contribution in [3.8, 4) is 0 Å². The molecule has 4 heteroatoms. The predicted octanol–water partition coefficient (Wildman–Crippen LogP) is 3.03. The second-order valence-electron chi connectivity index (χ2n) is 5.38. The van der Waals surface area contributed by atoms with E-state index >= 15 is 0 Å². The maximum absolute atomic E-state index is 13.7. The van der Waals surface area contributed by atoms with Gasteiger partial charge in [0, 0.05) is 31.1 Å². The molecule has 20 heavy (non-hydrogen) atoms. The quantitative estimate of drug-likeness (QED) is 0.768. The van der Waals surface area contributed by atoms with E-state index in [1.54, 1.807) is 12.1 Å². The van der Waals surface area contributed by atoms with Gasteiger partial charge >= 0.3 is 0 Å². The van der Waals surface area contributed by atoms with Crippen LogP contribution in [0.25, 0.3) is 0 Å². The minimum Gasteiger partial charge on any atom is -0.356 e. The summed E-state index contributed by atoms with van der Waals surface area (Å²) in [6.45, 7) is 7.37. The molecule has 1 rings (SSSR count). The van der Waals surface area contributed by atoms with Crippen molar-refractivity contribution in [1.82, 2.24) is 10.6 Å². The number of rotatable bonds is 8. The number of hydrogen-bond donors (Lipinski definition) is 2. The lowest BCUT2D eigenvalue weighted by atomic mass is 10.0. The molecule has 0 saturated heterocycles. The molecule has 0 saturated carbocycles. The second-order valence-corrected chi connectivity index (χ2v) is 5.38. The predicted molar refractivity (Wildman–Crippen MR) is 79.9 cm³/mol. The molecule has 0 aliphatic rings. The summed E-state index contributed by atoms with van der Waals surface area (Å²) in [5, 5.41) is 6.12. The molecule has 1 amide bonds. The van der Waals surface area contributed by atoms with Crippen LogP contribution >= 0.6 is 0 Å². The van der Waals surface area contributed by atoms with Crippen LogP contribution in [-0.2, 0) is 4.79 Å². The molecule has 0 aliphatic heterocycles. The van der Waals surface area contributed by atoms with E-state index < -0.39 is 0 Å². The van der Waals surface area contributed by atoms with E-state index in [-0.39, 0.29) is 17.8 Å². The van der Waals surface area contributed by atoms with Crippen molar-refractivity contribution in [3.05, 3.63) is 35.6 Å². The first-order valence-electron chi connectivity index (χ1n) is 7.29. The Labute approximate surface area is 121 Å². The fourth-order valence-electron chi connectivity index (χ4n) is 2.00. The average molecular weight is 280 g/mol. The van der Waals surface area contributed by atoms with Gasteiger partial charge in [-0.3, -0.25) is 4.79 Å². The minimum absolute atomic E-state index is 0.0367. The first-order valence-corrected chi connectivity index (χ1v) is 7.29. The Morgan fingerprint density at radius 1 is 1.30 bits per heavy atom. The van der Waals surface area contributed by atoms with Gasteiger partial charge in [0.2, 0.25) is 5.91 Å². The minimum atomic E-state index is -0.198. The lowest BCUT2D eigenvalue weighted by molar-refractivity contribution is -0.121. The number of carbonyl (C=O) groups excluding carboxylic acids is 1. The molecule has 0 fully saturated rings. The first kappa shape index (κ1) is 16.6. The van der Waals surface area contributed by atoms with Gasteiger partial charge in [-0.25, -0.2) is 4.39 Å². The van der Waals surface area contributed by atoms with Gasteiger partial charge in [-0.1, -0.05) is 39.0 Å². The van der Waals surface area contributed by atoms with Crippen LogP contribution in [0.2, 0.25) is 0 Å². The molecule has 0 radical (unpaired) electrons. The van der Waals surface area contributed by atoms with Crippen molar-refractivity contribution in [1.29, 1.82) is 0 Å². The van der Waals surface area contributed by atoms with E-state index in [2.05, 4.69) is 24.5 Å². The van der Waals surface area contributed by atoms with Crippen molar-refractivity contribution in [3.63, 3.8) is 0 Å². The summed E-state index contributed by atoms with van der Waals surface area (Å²) < 4.78 is 13.7. The Kier molecular flexibility index (Phi) is 7.23. The standard InChI is InChI=1S/C16H25FN2O/c1-4-15(13-7-5-6-8-14(13)17)18-10-9-16(20)19-11-12(2)3/h5-8,12,15,18H,4,9-11H2,1-3H3,(H,19,20). The van der Waals surface area contributed by atoms with Gasteiger partial charge in [-0.05, 0) is 18.4 Å². The van der Waals surface area contributed by atoms with Crippen LogP contribution in [0.15, 0.2) is 24.3 Å². The molecule has 1 aromatic rings. The van der Waals surface area contributed by atoms with Crippen molar-refractivity contribution >= 4 is 5.91 Å². The number of hydrogen-bond acceptors (Lipinski definition) is 2. The molecule has 112 valence electrons. The number of halogens is 1. The van der Waals surface area contributed by atoms with Crippen LogP contribution < -0.4 is 10.6 Å². The Bertz CT molecular complexity index is 421. The maximum Gasteiger partial charge on any atom is 0.221 e. The van der Waals surface area contributed by atoms with E-state index in [9.17, 15) is 9.18 Å². The molecule has 1 unspecified atom stereocenters. The fourth-order valence-corrected chi connectivity index (χ4v) is 2.00. The Morgan fingerprint density at radius 2 is 2.00 bits per heavy atom. The maximum atomic E-state index is 13.7. The Morgan fingerprint density at radius 3 is 2.60 bits per heavy atom. The molecule has 0 aliphatic carbocycles. The third kappa shape index (κ3) is 5.70. The first-order chi connectivity index (χ1) is 9.54. The smallest absolute Gasteiger partial charge is 0.221 e. The van der Waals surface area contributed by atoms with Crippen LogP contribution in [0, 0.1) is 11.7 Å². The van der Waals surface area contributed by atoms with Crippen molar-refractivity contribution in [2.24, 2.45) is 5.92 Å². The normalized spacial score (nSPS) is 12.4. The molecule has 1 aromatic carbocycles. The summed E-state index contributed by atoms with van der Waals surface area (Å²) in [5.41, 5.74) is 0.664. The van der Waals surface area contributed by atoms with Crippen LogP contribution in [-0.4, -0.2) is 19.0 Å². The zero-order valence-electron chi connectivity index (χ0n) is 12.6. The van der Waals surface area contributed by atoms with Gasteiger partial charge < -0.3 is 10.6 Å². The summed E-state index contributed by atoms with van der Waals surface area (Å²) in [7, 11) is 0. The number of benzene rings is 1. The summed E-state index contributed by atoms with van der Waals surface area (Å²) in [5.74, 6) is 0.291. The van der Waals surface area contributed by atoms with E-state index in [0.29, 0.717) is 31.0 Å². The summed E-state index contributed by atoms with van der Waals surface area (Å²) in [6.07, 6.45) is 1.20. The SMILES string of the molecule is CCC(NCCC(=O)NCC(C)C)c1ccccc1F. The van der Waals surface area contributed by atoms with Crippen LogP contribution in [0.4, 0.5) is 4.39 Å². The molecule has 3 nitrogen and oxygen atoms in total. The molecule has 0 spiro atoms. The Hall–Kier alpha value is -1.42. The topological polar surface area (TPSA) is 41.1 Å². The lowest BCUT2D eigenvalue weighted by Crippen LogP contribution is -2.31. The highest BCUT2D eigenvalue weighted by molar-refractivity contribution is 5.76. The molecular formula is C16H25FN2O. The van der Waals surface area contributed by atoms with Gasteiger partial charge in [0.25, 0.3) is 0 Å². The van der Waals surface area contributed by atoms with Crippen LogP contribution in [0.5, 0.6) is 0 Å². The van der Waals surface area contributed by atoms with Crippen LogP contribution in [0.1, 0.15) is 45.2 Å². The second kappa shape index (κ2) is 8.69. The summed E-state index contributed by atoms with van der Waals surface area (Å²) >= 11 is 0. The monoisotopic (exact) mass is 280 g/mol. The third-order valence-corrected chi connectivity index (χ3v) is 3.14. The number of nitrogens with one attached hydrogen (secondary N) is 2.